The maximum Gasteiger partial charge on any atom is 0.238 e. The van der Waals surface area contributed by atoms with Crippen LogP contribution in [0.15, 0.2) is 18.2 Å². The van der Waals surface area contributed by atoms with Crippen molar-refractivity contribution in [1.29, 1.82) is 0 Å². The summed E-state index contributed by atoms with van der Waals surface area (Å²) in [6.07, 6.45) is 6.53. The molecule has 1 saturated heterocycles. The fourth-order valence-corrected chi connectivity index (χ4v) is 3.59. The molecule has 1 aliphatic heterocycles. The lowest BCUT2D eigenvalue weighted by atomic mass is 10.1. The van der Waals surface area contributed by atoms with E-state index in [1.807, 2.05) is 36.9 Å². The summed E-state index contributed by atoms with van der Waals surface area (Å²) in [6, 6.07) is 6.02. The lowest BCUT2D eigenvalue weighted by molar-refractivity contribution is -0.133. The average Bonchev–Trinajstić information content (AvgIpc) is 2.65. The summed E-state index contributed by atoms with van der Waals surface area (Å²) < 4.78 is 0. The first-order valence-corrected chi connectivity index (χ1v) is 10.4. The van der Waals surface area contributed by atoms with Gasteiger partial charge in [-0.3, -0.25) is 14.5 Å². The average molecular weight is 374 g/mol. The van der Waals surface area contributed by atoms with Crippen molar-refractivity contribution in [2.45, 2.75) is 59.3 Å². The number of anilines is 1. The minimum atomic E-state index is 0.0168. The van der Waals surface area contributed by atoms with Crippen LogP contribution in [0.5, 0.6) is 0 Å². The molecule has 1 heterocycles. The van der Waals surface area contributed by atoms with Crippen LogP contribution < -0.4 is 5.32 Å². The van der Waals surface area contributed by atoms with Crippen molar-refractivity contribution < 1.29 is 9.59 Å². The number of benzene rings is 1. The van der Waals surface area contributed by atoms with Gasteiger partial charge < -0.3 is 10.2 Å². The van der Waals surface area contributed by atoms with E-state index < -0.39 is 0 Å². The maximum atomic E-state index is 12.4. The summed E-state index contributed by atoms with van der Waals surface area (Å²) in [6.45, 7) is 9.59. The maximum absolute atomic E-state index is 12.4. The van der Waals surface area contributed by atoms with Gasteiger partial charge in [0.05, 0.1) is 6.54 Å². The van der Waals surface area contributed by atoms with Crippen molar-refractivity contribution in [2.75, 3.05) is 38.0 Å². The van der Waals surface area contributed by atoms with Gasteiger partial charge in [-0.05, 0) is 31.4 Å². The Morgan fingerprint density at radius 3 is 2.22 bits per heavy atom. The first-order chi connectivity index (χ1) is 13.0. The van der Waals surface area contributed by atoms with E-state index in [1.54, 1.807) is 0 Å². The third-order valence-corrected chi connectivity index (χ3v) is 5.33. The van der Waals surface area contributed by atoms with Gasteiger partial charge in [0.15, 0.2) is 0 Å². The van der Waals surface area contributed by atoms with Crippen LogP contribution >= 0.6 is 0 Å². The molecule has 2 amide bonds. The Kier molecular flexibility index (Phi) is 8.79. The van der Waals surface area contributed by atoms with Crippen LogP contribution in [0.3, 0.4) is 0 Å². The zero-order chi connectivity index (χ0) is 19.6. The van der Waals surface area contributed by atoms with Gasteiger partial charge in [-0.15, -0.1) is 0 Å². The fraction of sp³-hybridized carbons (Fsp3) is 0.636. The number of carbonyl (C=O) groups excluding carboxylic acids is 2. The molecule has 1 aromatic rings. The van der Waals surface area contributed by atoms with E-state index in [2.05, 4.69) is 17.1 Å². The van der Waals surface area contributed by atoms with Crippen molar-refractivity contribution in [3.05, 3.63) is 29.3 Å². The van der Waals surface area contributed by atoms with Crippen molar-refractivity contribution in [3.8, 4) is 0 Å². The first kappa shape index (κ1) is 21.4. The molecule has 150 valence electrons. The Labute approximate surface area is 164 Å². The second kappa shape index (κ2) is 11.1. The smallest absolute Gasteiger partial charge is 0.238 e. The summed E-state index contributed by atoms with van der Waals surface area (Å²) >= 11 is 0. The molecular weight excluding hydrogens is 338 g/mol. The Morgan fingerprint density at radius 1 is 0.963 bits per heavy atom. The molecule has 1 fully saturated rings. The third-order valence-electron chi connectivity index (χ3n) is 5.33. The molecular formula is C22H35N3O2. The van der Waals surface area contributed by atoms with Gasteiger partial charge in [0.2, 0.25) is 11.8 Å². The lowest BCUT2D eigenvalue weighted by Gasteiger charge is -2.34. The highest BCUT2D eigenvalue weighted by Crippen LogP contribution is 2.19. The standard InChI is InChI=1S/C22H35N3O2/c1-4-5-6-7-8-12-21(27)25-15-13-24(14-16-25)17-20(26)23-22-18(2)10-9-11-19(22)3/h9-11H,4-8,12-17H2,1-3H3,(H,23,26). The van der Waals surface area contributed by atoms with Gasteiger partial charge in [0, 0.05) is 38.3 Å². The number of carbonyl (C=O) groups is 2. The SMILES string of the molecule is CCCCCCCC(=O)N1CCN(CC(=O)Nc2c(C)cccc2C)CC1. The van der Waals surface area contributed by atoms with Crippen LogP contribution in [0.2, 0.25) is 0 Å². The summed E-state index contributed by atoms with van der Waals surface area (Å²) in [7, 11) is 0. The molecule has 1 aliphatic rings. The first-order valence-electron chi connectivity index (χ1n) is 10.4. The summed E-state index contributed by atoms with van der Waals surface area (Å²) in [5, 5.41) is 3.04. The molecule has 1 N–H and O–H groups in total. The van der Waals surface area contributed by atoms with Crippen molar-refractivity contribution in [1.82, 2.24) is 9.80 Å². The zero-order valence-corrected chi connectivity index (χ0v) is 17.2. The molecule has 0 radical (unpaired) electrons. The van der Waals surface area contributed by atoms with Gasteiger partial charge in [-0.2, -0.15) is 0 Å². The number of unbranched alkanes of at least 4 members (excludes halogenated alkanes) is 4. The van der Waals surface area contributed by atoms with E-state index in [-0.39, 0.29) is 11.8 Å². The van der Waals surface area contributed by atoms with E-state index in [0.29, 0.717) is 13.0 Å². The minimum Gasteiger partial charge on any atom is -0.340 e. The molecule has 0 aliphatic carbocycles. The van der Waals surface area contributed by atoms with Crippen LogP contribution in [0, 0.1) is 13.8 Å². The van der Waals surface area contributed by atoms with E-state index in [9.17, 15) is 9.59 Å². The second-order valence-electron chi connectivity index (χ2n) is 7.64. The van der Waals surface area contributed by atoms with Crippen LogP contribution in [-0.4, -0.2) is 54.3 Å². The molecule has 0 spiro atoms. The monoisotopic (exact) mass is 373 g/mol. The van der Waals surface area contributed by atoms with E-state index >= 15 is 0 Å². The normalized spacial score (nSPS) is 15.0. The summed E-state index contributed by atoms with van der Waals surface area (Å²) in [5.74, 6) is 0.286. The number of hydrogen-bond donors (Lipinski definition) is 1. The predicted molar refractivity (Wildman–Crippen MR) is 111 cm³/mol. The number of piperazine rings is 1. The lowest BCUT2D eigenvalue weighted by Crippen LogP contribution is -2.50. The second-order valence-corrected chi connectivity index (χ2v) is 7.64. The molecule has 0 aromatic heterocycles. The number of amides is 2. The number of para-hydroxylation sites is 1. The summed E-state index contributed by atoms with van der Waals surface area (Å²) in [4.78, 5) is 28.8. The minimum absolute atomic E-state index is 0.0168. The Hall–Kier alpha value is -1.88. The molecule has 2 rings (SSSR count). The molecule has 5 nitrogen and oxygen atoms in total. The molecule has 27 heavy (non-hydrogen) atoms. The van der Waals surface area contributed by atoms with Crippen LogP contribution in [0.25, 0.3) is 0 Å². The van der Waals surface area contributed by atoms with Crippen LogP contribution in [-0.2, 0) is 9.59 Å². The van der Waals surface area contributed by atoms with Gasteiger partial charge in [0.25, 0.3) is 0 Å². The fourth-order valence-electron chi connectivity index (χ4n) is 3.59. The van der Waals surface area contributed by atoms with Crippen LogP contribution in [0.4, 0.5) is 5.69 Å². The summed E-state index contributed by atoms with van der Waals surface area (Å²) in [5.41, 5.74) is 3.08. The van der Waals surface area contributed by atoms with E-state index in [0.717, 1.165) is 55.8 Å². The third kappa shape index (κ3) is 6.98. The number of aryl methyl sites for hydroxylation is 2. The molecule has 5 heteroatoms. The Morgan fingerprint density at radius 2 is 1.59 bits per heavy atom. The van der Waals surface area contributed by atoms with E-state index in [1.165, 1.54) is 19.3 Å². The van der Waals surface area contributed by atoms with Gasteiger partial charge in [0.1, 0.15) is 0 Å². The topological polar surface area (TPSA) is 52.7 Å². The highest BCUT2D eigenvalue weighted by Gasteiger charge is 2.22. The highest BCUT2D eigenvalue weighted by molar-refractivity contribution is 5.93. The van der Waals surface area contributed by atoms with Gasteiger partial charge in [-0.1, -0.05) is 50.8 Å². The van der Waals surface area contributed by atoms with Gasteiger partial charge >= 0.3 is 0 Å². The molecule has 0 saturated carbocycles. The number of nitrogens with zero attached hydrogens (tertiary/aromatic N) is 2. The predicted octanol–water partition coefficient (Wildman–Crippen LogP) is 3.75. The highest BCUT2D eigenvalue weighted by atomic mass is 16.2. The van der Waals surface area contributed by atoms with Crippen molar-refractivity contribution >= 4 is 17.5 Å². The Balaban J connectivity index is 1.69. The van der Waals surface area contributed by atoms with E-state index in [4.69, 9.17) is 0 Å². The molecule has 0 unspecified atom stereocenters. The van der Waals surface area contributed by atoms with Crippen molar-refractivity contribution in [3.63, 3.8) is 0 Å². The zero-order valence-electron chi connectivity index (χ0n) is 17.2. The molecule has 0 atom stereocenters. The molecule has 0 bridgehead atoms. The quantitative estimate of drug-likeness (QED) is 0.671. The number of nitrogens with one attached hydrogen (secondary N) is 1. The van der Waals surface area contributed by atoms with Crippen molar-refractivity contribution in [2.24, 2.45) is 0 Å². The van der Waals surface area contributed by atoms with Crippen LogP contribution in [0.1, 0.15) is 56.6 Å². The number of hydrogen-bond acceptors (Lipinski definition) is 3. The largest absolute Gasteiger partial charge is 0.340 e. The number of rotatable bonds is 9. The van der Waals surface area contributed by atoms with Gasteiger partial charge in [-0.25, -0.2) is 0 Å². The Bertz CT molecular complexity index is 602. The molecule has 1 aromatic carbocycles.